The van der Waals surface area contributed by atoms with Crippen LogP contribution in [-0.4, -0.2) is 28.5 Å². The summed E-state index contributed by atoms with van der Waals surface area (Å²) in [5, 5.41) is 6.93. The van der Waals surface area contributed by atoms with Crippen LogP contribution < -0.4 is 10.6 Å². The van der Waals surface area contributed by atoms with E-state index in [-0.39, 0.29) is 17.9 Å². The first-order valence-corrected chi connectivity index (χ1v) is 8.74. The van der Waals surface area contributed by atoms with Crippen molar-refractivity contribution in [2.45, 2.75) is 51.1 Å². The van der Waals surface area contributed by atoms with E-state index in [9.17, 15) is 9.59 Å². The van der Waals surface area contributed by atoms with Gasteiger partial charge in [-0.1, -0.05) is 44.4 Å². The number of unbranched alkanes of at least 4 members (excludes halogenated alkanes) is 2. The van der Waals surface area contributed by atoms with Gasteiger partial charge in [-0.15, -0.1) is 0 Å². The molecule has 128 valence electrons. The van der Waals surface area contributed by atoms with Gasteiger partial charge in [-0.05, 0) is 18.1 Å². The van der Waals surface area contributed by atoms with Crippen LogP contribution in [0.15, 0.2) is 30.5 Å². The van der Waals surface area contributed by atoms with Crippen molar-refractivity contribution >= 4 is 22.7 Å². The maximum atomic E-state index is 12.4. The molecular formula is C19H25N3O2. The molecule has 0 saturated carbocycles. The topological polar surface area (TPSA) is 63.1 Å². The summed E-state index contributed by atoms with van der Waals surface area (Å²) >= 11 is 0. The lowest BCUT2D eigenvalue weighted by Gasteiger charge is -2.29. The molecule has 2 N–H and O–H groups in total. The van der Waals surface area contributed by atoms with E-state index in [2.05, 4.69) is 34.3 Å². The average Bonchev–Trinajstić information content (AvgIpc) is 2.89. The smallest absolute Gasteiger partial charge is 0.243 e. The number of benzene rings is 1. The Bertz CT molecular complexity index is 750. The molecule has 0 spiro atoms. The summed E-state index contributed by atoms with van der Waals surface area (Å²) in [5.74, 6) is -0.139. The largest absolute Gasteiger partial charge is 0.350 e. The Morgan fingerprint density at radius 1 is 1.04 bits per heavy atom. The standard InChI is InChI=1S/C19H25N3O2/c1-3-4-5-9-15-18(23)21-16(19(24)20-15)11-13-12-22(2)17-10-7-6-8-14(13)17/h6-8,10,12,15-16H,3-5,9,11H2,1-2H3,(H,20,24)(H,21,23)/t15?,16-/m1/s1. The highest BCUT2D eigenvalue weighted by molar-refractivity contribution is 5.97. The molecule has 0 radical (unpaired) electrons. The lowest BCUT2D eigenvalue weighted by Crippen LogP contribution is -2.62. The van der Waals surface area contributed by atoms with E-state index in [4.69, 9.17) is 0 Å². The fraction of sp³-hybridized carbons (Fsp3) is 0.474. The molecule has 2 amide bonds. The number of para-hydroxylation sites is 1. The first kappa shape index (κ1) is 16.6. The number of fused-ring (bicyclic) bond motifs is 1. The predicted octanol–water partition coefficient (Wildman–Crippen LogP) is 2.28. The number of aryl methyl sites for hydroxylation is 1. The molecule has 1 saturated heterocycles. The summed E-state index contributed by atoms with van der Waals surface area (Å²) in [4.78, 5) is 24.7. The van der Waals surface area contributed by atoms with Crippen LogP contribution in [0.1, 0.15) is 38.2 Å². The van der Waals surface area contributed by atoms with Crippen LogP contribution in [0, 0.1) is 0 Å². The Labute approximate surface area is 142 Å². The van der Waals surface area contributed by atoms with Crippen LogP contribution in [-0.2, 0) is 23.1 Å². The quantitative estimate of drug-likeness (QED) is 0.800. The average molecular weight is 327 g/mol. The van der Waals surface area contributed by atoms with Gasteiger partial charge in [-0.2, -0.15) is 0 Å². The van der Waals surface area contributed by atoms with E-state index in [1.807, 2.05) is 25.4 Å². The summed E-state index contributed by atoms with van der Waals surface area (Å²) in [7, 11) is 2.00. The Balaban J connectivity index is 1.70. The molecule has 3 rings (SSSR count). The third kappa shape index (κ3) is 3.30. The van der Waals surface area contributed by atoms with Gasteiger partial charge < -0.3 is 15.2 Å². The number of carbonyl (C=O) groups is 2. The predicted molar refractivity (Wildman–Crippen MR) is 94.6 cm³/mol. The summed E-state index contributed by atoms with van der Waals surface area (Å²) < 4.78 is 2.06. The number of nitrogens with zero attached hydrogens (tertiary/aromatic N) is 1. The number of hydrogen-bond acceptors (Lipinski definition) is 2. The second-order valence-corrected chi connectivity index (χ2v) is 6.60. The zero-order valence-electron chi connectivity index (χ0n) is 14.3. The summed E-state index contributed by atoms with van der Waals surface area (Å²) in [6, 6.07) is 7.23. The van der Waals surface area contributed by atoms with Crippen LogP contribution in [0.4, 0.5) is 0 Å². The lowest BCUT2D eigenvalue weighted by molar-refractivity contribution is -0.136. The molecule has 2 heterocycles. The Kier molecular flexibility index (Phi) is 4.88. The van der Waals surface area contributed by atoms with Gasteiger partial charge in [0.25, 0.3) is 0 Å². The number of piperazine rings is 1. The first-order chi connectivity index (χ1) is 11.6. The van der Waals surface area contributed by atoms with Gasteiger partial charge in [0.2, 0.25) is 11.8 Å². The highest BCUT2D eigenvalue weighted by Crippen LogP contribution is 2.22. The molecule has 1 fully saturated rings. The number of aromatic nitrogens is 1. The third-order valence-electron chi connectivity index (χ3n) is 4.77. The Morgan fingerprint density at radius 2 is 1.75 bits per heavy atom. The van der Waals surface area contributed by atoms with Crippen molar-refractivity contribution in [3.63, 3.8) is 0 Å². The molecule has 24 heavy (non-hydrogen) atoms. The molecule has 2 aromatic rings. The summed E-state index contributed by atoms with van der Waals surface area (Å²) in [6.45, 7) is 2.12. The minimum atomic E-state index is -0.495. The van der Waals surface area contributed by atoms with Crippen LogP contribution in [0.25, 0.3) is 10.9 Å². The molecule has 5 heteroatoms. The molecule has 1 aliphatic heterocycles. The van der Waals surface area contributed by atoms with Gasteiger partial charge >= 0.3 is 0 Å². The van der Waals surface area contributed by atoms with Gasteiger partial charge in [-0.25, -0.2) is 0 Å². The zero-order chi connectivity index (χ0) is 17.1. The van der Waals surface area contributed by atoms with E-state index < -0.39 is 6.04 Å². The van der Waals surface area contributed by atoms with Crippen molar-refractivity contribution in [1.82, 2.24) is 15.2 Å². The van der Waals surface area contributed by atoms with Crippen LogP contribution in [0.5, 0.6) is 0 Å². The Hall–Kier alpha value is -2.30. The van der Waals surface area contributed by atoms with Crippen molar-refractivity contribution < 1.29 is 9.59 Å². The van der Waals surface area contributed by atoms with E-state index >= 15 is 0 Å². The van der Waals surface area contributed by atoms with Crippen molar-refractivity contribution in [1.29, 1.82) is 0 Å². The van der Waals surface area contributed by atoms with Crippen LogP contribution in [0.3, 0.4) is 0 Å². The molecule has 1 aromatic carbocycles. The third-order valence-corrected chi connectivity index (χ3v) is 4.77. The van der Waals surface area contributed by atoms with Crippen LogP contribution in [0.2, 0.25) is 0 Å². The minimum absolute atomic E-state index is 0.0593. The van der Waals surface area contributed by atoms with Gasteiger partial charge in [0.15, 0.2) is 0 Å². The van der Waals surface area contributed by atoms with E-state index in [0.717, 1.165) is 35.7 Å². The molecular weight excluding hydrogens is 302 g/mol. The number of hydrogen-bond donors (Lipinski definition) is 2. The van der Waals surface area contributed by atoms with Crippen molar-refractivity contribution in [3.05, 3.63) is 36.0 Å². The van der Waals surface area contributed by atoms with Gasteiger partial charge in [-0.3, -0.25) is 9.59 Å². The molecule has 2 atom stereocenters. The first-order valence-electron chi connectivity index (χ1n) is 8.74. The molecule has 5 nitrogen and oxygen atoms in total. The van der Waals surface area contributed by atoms with Crippen molar-refractivity contribution in [2.75, 3.05) is 0 Å². The SMILES string of the molecule is CCCCCC1NC(=O)[C@@H](Cc2cn(C)c3ccccc23)NC1=O. The summed E-state index contributed by atoms with van der Waals surface area (Å²) in [5.41, 5.74) is 2.21. The molecule has 1 aliphatic rings. The molecule has 1 unspecified atom stereocenters. The number of nitrogens with one attached hydrogen (secondary N) is 2. The normalized spacial score (nSPS) is 20.9. The number of amides is 2. The van der Waals surface area contributed by atoms with Crippen LogP contribution >= 0.6 is 0 Å². The molecule has 1 aromatic heterocycles. The number of carbonyl (C=O) groups excluding carboxylic acids is 2. The van der Waals surface area contributed by atoms with Gasteiger partial charge in [0.05, 0.1) is 0 Å². The van der Waals surface area contributed by atoms with Crippen molar-refractivity contribution in [2.24, 2.45) is 7.05 Å². The minimum Gasteiger partial charge on any atom is -0.350 e. The highest BCUT2D eigenvalue weighted by Gasteiger charge is 2.33. The maximum Gasteiger partial charge on any atom is 0.243 e. The molecule has 0 aliphatic carbocycles. The fourth-order valence-electron chi connectivity index (χ4n) is 3.43. The second kappa shape index (κ2) is 7.07. The molecule has 0 bridgehead atoms. The van der Waals surface area contributed by atoms with Crippen molar-refractivity contribution in [3.8, 4) is 0 Å². The monoisotopic (exact) mass is 327 g/mol. The Morgan fingerprint density at radius 3 is 2.54 bits per heavy atom. The van der Waals surface area contributed by atoms with E-state index in [1.54, 1.807) is 0 Å². The van der Waals surface area contributed by atoms with E-state index in [0.29, 0.717) is 12.8 Å². The van der Waals surface area contributed by atoms with E-state index in [1.165, 1.54) is 0 Å². The van der Waals surface area contributed by atoms with Gasteiger partial charge in [0.1, 0.15) is 12.1 Å². The highest BCUT2D eigenvalue weighted by atomic mass is 16.2. The lowest BCUT2D eigenvalue weighted by atomic mass is 9.99. The number of rotatable bonds is 6. The fourth-order valence-corrected chi connectivity index (χ4v) is 3.43. The second-order valence-electron chi connectivity index (χ2n) is 6.60. The zero-order valence-corrected chi connectivity index (χ0v) is 14.3. The summed E-state index contributed by atoms with van der Waals surface area (Å²) in [6.07, 6.45) is 6.42. The van der Waals surface area contributed by atoms with Gasteiger partial charge in [0, 0.05) is 30.6 Å². The maximum absolute atomic E-state index is 12.4.